The third-order valence-electron chi connectivity index (χ3n) is 4.89. The first-order valence-electron chi connectivity index (χ1n) is 9.53. The number of ether oxygens (including phenoxy) is 1. The van der Waals surface area contributed by atoms with Gasteiger partial charge in [-0.05, 0) is 55.4 Å². The van der Waals surface area contributed by atoms with Crippen LogP contribution in [0.15, 0.2) is 54.6 Å². The molecule has 1 aliphatic rings. The Kier molecular flexibility index (Phi) is 6.67. The fraction of sp³-hybridized carbons (Fsp3) is 0.409. The number of rotatable bonds is 8. The van der Waals surface area contributed by atoms with E-state index in [0.717, 1.165) is 29.7 Å². The number of carbonyl (C=O) groups is 1. The minimum Gasteiger partial charge on any atom is -0.490 e. The van der Waals surface area contributed by atoms with Crippen molar-refractivity contribution in [2.24, 2.45) is 5.73 Å². The Morgan fingerprint density at radius 2 is 1.88 bits per heavy atom. The Bertz CT molecular complexity index is 696. The molecule has 0 saturated heterocycles. The summed E-state index contributed by atoms with van der Waals surface area (Å²) in [6, 6.07) is 17.8. The van der Waals surface area contributed by atoms with E-state index in [0.29, 0.717) is 25.5 Å². The zero-order chi connectivity index (χ0) is 18.2. The Hall–Kier alpha value is -2.33. The molecule has 0 heterocycles. The molecule has 1 saturated carbocycles. The normalized spacial score (nSPS) is 15.6. The van der Waals surface area contributed by atoms with Crippen molar-refractivity contribution < 1.29 is 9.53 Å². The molecule has 1 atom stereocenters. The van der Waals surface area contributed by atoms with Gasteiger partial charge >= 0.3 is 0 Å². The molecule has 3 rings (SSSR count). The molecule has 0 aliphatic heterocycles. The fourth-order valence-corrected chi connectivity index (χ4v) is 3.36. The summed E-state index contributed by atoms with van der Waals surface area (Å²) in [7, 11) is 0. The predicted octanol–water partition coefficient (Wildman–Crippen LogP) is 3.76. The standard InChI is InChI=1S/C22H28N2O2/c23-21(18-8-2-1-3-9-18)16-24-22(25)14-13-17-7-6-12-20(15-17)26-19-10-4-5-11-19/h1-3,6-9,12,15,19,21H,4-5,10-11,13-14,16,23H2,(H,24,25). The molecular weight excluding hydrogens is 324 g/mol. The molecule has 1 unspecified atom stereocenters. The van der Waals surface area contributed by atoms with Crippen LogP contribution in [0.4, 0.5) is 0 Å². The van der Waals surface area contributed by atoms with Crippen molar-refractivity contribution in [1.82, 2.24) is 5.32 Å². The minimum atomic E-state index is -0.178. The highest BCUT2D eigenvalue weighted by molar-refractivity contribution is 5.76. The average molecular weight is 352 g/mol. The van der Waals surface area contributed by atoms with Gasteiger partial charge in [0.25, 0.3) is 0 Å². The molecule has 0 aromatic heterocycles. The summed E-state index contributed by atoms with van der Waals surface area (Å²) in [6.07, 6.45) is 6.32. The molecule has 4 nitrogen and oxygen atoms in total. The van der Waals surface area contributed by atoms with Crippen molar-refractivity contribution in [3.8, 4) is 5.75 Å². The van der Waals surface area contributed by atoms with Crippen LogP contribution in [0, 0.1) is 0 Å². The van der Waals surface area contributed by atoms with Gasteiger partial charge in [0.15, 0.2) is 0 Å². The van der Waals surface area contributed by atoms with Crippen molar-refractivity contribution in [2.45, 2.75) is 50.7 Å². The minimum absolute atomic E-state index is 0.0264. The van der Waals surface area contributed by atoms with E-state index >= 15 is 0 Å². The molecule has 3 N–H and O–H groups in total. The zero-order valence-corrected chi connectivity index (χ0v) is 15.2. The average Bonchev–Trinajstić information content (AvgIpc) is 3.18. The topological polar surface area (TPSA) is 64.3 Å². The summed E-state index contributed by atoms with van der Waals surface area (Å²) < 4.78 is 6.03. The number of aryl methyl sites for hydroxylation is 1. The second-order valence-electron chi connectivity index (χ2n) is 6.99. The smallest absolute Gasteiger partial charge is 0.220 e. The lowest BCUT2D eigenvalue weighted by Gasteiger charge is -2.14. The van der Waals surface area contributed by atoms with E-state index in [2.05, 4.69) is 11.4 Å². The number of benzene rings is 2. The van der Waals surface area contributed by atoms with Crippen LogP contribution in [0.1, 0.15) is 49.3 Å². The lowest BCUT2D eigenvalue weighted by Crippen LogP contribution is -2.32. The summed E-state index contributed by atoms with van der Waals surface area (Å²) in [5, 5.41) is 2.93. The van der Waals surface area contributed by atoms with Gasteiger partial charge in [-0.3, -0.25) is 4.79 Å². The molecule has 1 fully saturated rings. The molecule has 138 valence electrons. The molecule has 1 aliphatic carbocycles. The van der Waals surface area contributed by atoms with Gasteiger partial charge in [-0.1, -0.05) is 42.5 Å². The Morgan fingerprint density at radius 3 is 2.65 bits per heavy atom. The summed E-state index contributed by atoms with van der Waals surface area (Å²) in [6.45, 7) is 0.452. The van der Waals surface area contributed by atoms with Crippen LogP contribution >= 0.6 is 0 Å². The van der Waals surface area contributed by atoms with Gasteiger partial charge in [-0.25, -0.2) is 0 Å². The number of hydrogen-bond acceptors (Lipinski definition) is 3. The molecule has 0 radical (unpaired) electrons. The third-order valence-corrected chi connectivity index (χ3v) is 4.89. The number of nitrogens with one attached hydrogen (secondary N) is 1. The molecule has 2 aromatic rings. The highest BCUT2D eigenvalue weighted by atomic mass is 16.5. The van der Waals surface area contributed by atoms with Crippen LogP contribution in [-0.4, -0.2) is 18.6 Å². The van der Waals surface area contributed by atoms with E-state index in [-0.39, 0.29) is 11.9 Å². The molecule has 1 amide bonds. The highest BCUT2D eigenvalue weighted by Crippen LogP contribution is 2.24. The zero-order valence-electron chi connectivity index (χ0n) is 15.2. The lowest BCUT2D eigenvalue weighted by atomic mass is 10.1. The molecule has 2 aromatic carbocycles. The summed E-state index contributed by atoms with van der Waals surface area (Å²) in [5.74, 6) is 0.944. The van der Waals surface area contributed by atoms with Gasteiger partial charge in [0.1, 0.15) is 5.75 Å². The van der Waals surface area contributed by atoms with Crippen LogP contribution in [0.3, 0.4) is 0 Å². The Balaban J connectivity index is 1.42. The summed E-state index contributed by atoms with van der Waals surface area (Å²) in [5.41, 5.74) is 8.28. The lowest BCUT2D eigenvalue weighted by molar-refractivity contribution is -0.121. The molecule has 4 heteroatoms. The van der Waals surface area contributed by atoms with Gasteiger partial charge in [-0.2, -0.15) is 0 Å². The first-order chi connectivity index (χ1) is 12.7. The first kappa shape index (κ1) is 18.5. The van der Waals surface area contributed by atoms with Crippen molar-refractivity contribution in [3.63, 3.8) is 0 Å². The van der Waals surface area contributed by atoms with Gasteiger partial charge in [0, 0.05) is 19.0 Å². The van der Waals surface area contributed by atoms with E-state index < -0.39 is 0 Å². The van der Waals surface area contributed by atoms with Crippen molar-refractivity contribution >= 4 is 5.91 Å². The van der Waals surface area contributed by atoms with Gasteiger partial charge in [0.05, 0.1) is 6.10 Å². The van der Waals surface area contributed by atoms with Crippen LogP contribution in [0.5, 0.6) is 5.75 Å². The fourth-order valence-electron chi connectivity index (χ4n) is 3.36. The number of amides is 1. The Morgan fingerprint density at radius 1 is 1.12 bits per heavy atom. The van der Waals surface area contributed by atoms with Crippen LogP contribution in [0.25, 0.3) is 0 Å². The van der Waals surface area contributed by atoms with E-state index in [1.807, 2.05) is 48.5 Å². The monoisotopic (exact) mass is 352 g/mol. The van der Waals surface area contributed by atoms with Crippen molar-refractivity contribution in [2.75, 3.05) is 6.54 Å². The number of carbonyl (C=O) groups excluding carboxylic acids is 1. The molecule has 0 bridgehead atoms. The van der Waals surface area contributed by atoms with Gasteiger partial charge in [0.2, 0.25) is 5.91 Å². The van der Waals surface area contributed by atoms with Crippen LogP contribution in [0.2, 0.25) is 0 Å². The summed E-state index contributed by atoms with van der Waals surface area (Å²) >= 11 is 0. The van der Waals surface area contributed by atoms with Gasteiger partial charge < -0.3 is 15.8 Å². The Labute approximate surface area is 155 Å². The van der Waals surface area contributed by atoms with E-state index in [1.54, 1.807) is 0 Å². The largest absolute Gasteiger partial charge is 0.490 e. The number of nitrogens with two attached hydrogens (primary N) is 1. The van der Waals surface area contributed by atoms with E-state index in [4.69, 9.17) is 10.5 Å². The second kappa shape index (κ2) is 9.39. The SMILES string of the molecule is NC(CNC(=O)CCc1cccc(OC2CCCC2)c1)c1ccccc1. The van der Waals surface area contributed by atoms with E-state index in [1.165, 1.54) is 12.8 Å². The van der Waals surface area contributed by atoms with Gasteiger partial charge in [-0.15, -0.1) is 0 Å². The third kappa shape index (κ3) is 5.60. The number of hydrogen-bond donors (Lipinski definition) is 2. The maximum absolute atomic E-state index is 12.1. The van der Waals surface area contributed by atoms with Crippen LogP contribution < -0.4 is 15.8 Å². The molecule has 26 heavy (non-hydrogen) atoms. The summed E-state index contributed by atoms with van der Waals surface area (Å²) in [4.78, 5) is 12.1. The quantitative estimate of drug-likeness (QED) is 0.760. The second-order valence-corrected chi connectivity index (χ2v) is 6.99. The van der Waals surface area contributed by atoms with E-state index in [9.17, 15) is 4.79 Å². The van der Waals surface area contributed by atoms with Crippen molar-refractivity contribution in [3.05, 3.63) is 65.7 Å². The maximum Gasteiger partial charge on any atom is 0.220 e. The van der Waals surface area contributed by atoms with Crippen LogP contribution in [-0.2, 0) is 11.2 Å². The highest BCUT2D eigenvalue weighted by Gasteiger charge is 2.16. The molecule has 0 spiro atoms. The maximum atomic E-state index is 12.1. The van der Waals surface area contributed by atoms with Crippen molar-refractivity contribution in [1.29, 1.82) is 0 Å². The predicted molar refractivity (Wildman–Crippen MR) is 104 cm³/mol. The molecular formula is C22H28N2O2. The first-order valence-corrected chi connectivity index (χ1v) is 9.53.